The van der Waals surface area contributed by atoms with Crippen molar-refractivity contribution >= 4 is 23.0 Å². The first kappa shape index (κ1) is 15.2. The molecule has 3 nitrogen and oxygen atoms in total. The predicted molar refractivity (Wildman–Crippen MR) is 71.8 cm³/mol. The van der Waals surface area contributed by atoms with E-state index in [2.05, 4.69) is 0 Å². The van der Waals surface area contributed by atoms with Crippen LogP contribution in [0.3, 0.4) is 0 Å². The molecular formula is C13H9ClF4N2O. The summed E-state index contributed by atoms with van der Waals surface area (Å²) >= 11 is 5.62. The Balaban J connectivity index is 2.33. The zero-order valence-electron chi connectivity index (χ0n) is 10.3. The van der Waals surface area contributed by atoms with Gasteiger partial charge in [-0.25, -0.2) is 4.39 Å². The lowest BCUT2D eigenvalue weighted by Gasteiger charge is -2.13. The van der Waals surface area contributed by atoms with Crippen LogP contribution >= 0.6 is 11.6 Å². The highest BCUT2D eigenvalue weighted by Crippen LogP contribution is 2.38. The van der Waals surface area contributed by atoms with Crippen LogP contribution in [0.5, 0.6) is 11.5 Å². The fraction of sp³-hybridized carbons (Fsp3) is 0.0769. The molecule has 0 unspecified atom stereocenters. The second kappa shape index (κ2) is 5.33. The van der Waals surface area contributed by atoms with Crippen LogP contribution in [0, 0.1) is 5.82 Å². The predicted octanol–water partition coefficient (Wildman–Crippen LogP) is 4.45. The number of anilines is 2. The van der Waals surface area contributed by atoms with Gasteiger partial charge >= 0.3 is 6.18 Å². The third-order valence-corrected chi connectivity index (χ3v) is 3.00. The van der Waals surface area contributed by atoms with Crippen molar-refractivity contribution in [3.63, 3.8) is 0 Å². The monoisotopic (exact) mass is 320 g/mol. The van der Waals surface area contributed by atoms with Crippen molar-refractivity contribution in [2.24, 2.45) is 0 Å². The molecule has 0 atom stereocenters. The zero-order chi connectivity index (χ0) is 15.8. The Kier molecular flexibility index (Phi) is 3.87. The van der Waals surface area contributed by atoms with Gasteiger partial charge in [0.25, 0.3) is 0 Å². The molecule has 2 rings (SSSR count). The van der Waals surface area contributed by atoms with E-state index in [0.29, 0.717) is 0 Å². The van der Waals surface area contributed by atoms with Crippen molar-refractivity contribution < 1.29 is 22.3 Å². The van der Waals surface area contributed by atoms with E-state index in [0.717, 1.165) is 24.3 Å². The summed E-state index contributed by atoms with van der Waals surface area (Å²) in [5.74, 6) is -1.39. The van der Waals surface area contributed by atoms with Crippen molar-refractivity contribution in [2.75, 3.05) is 11.5 Å². The van der Waals surface area contributed by atoms with Gasteiger partial charge in [0.1, 0.15) is 10.8 Å². The van der Waals surface area contributed by atoms with Crippen LogP contribution in [-0.2, 0) is 6.18 Å². The Hall–Kier alpha value is -2.15. The first-order chi connectivity index (χ1) is 9.70. The second-order valence-electron chi connectivity index (χ2n) is 4.14. The van der Waals surface area contributed by atoms with Gasteiger partial charge in [0.15, 0.2) is 11.6 Å². The number of hydrogen-bond acceptors (Lipinski definition) is 3. The molecule has 0 fully saturated rings. The fourth-order valence-corrected chi connectivity index (χ4v) is 1.72. The van der Waals surface area contributed by atoms with Crippen molar-refractivity contribution in [1.29, 1.82) is 0 Å². The molecule has 112 valence electrons. The van der Waals surface area contributed by atoms with Gasteiger partial charge in [-0.2, -0.15) is 13.2 Å². The average molecular weight is 321 g/mol. The molecule has 0 spiro atoms. The highest BCUT2D eigenvalue weighted by molar-refractivity contribution is 6.33. The maximum atomic E-state index is 13.9. The number of nitrogen functional groups attached to an aromatic ring is 2. The van der Waals surface area contributed by atoms with Crippen LogP contribution in [0.15, 0.2) is 30.3 Å². The summed E-state index contributed by atoms with van der Waals surface area (Å²) in [5.41, 5.74) is 9.95. The molecule has 0 saturated carbocycles. The van der Waals surface area contributed by atoms with Crippen molar-refractivity contribution in [2.45, 2.75) is 6.18 Å². The number of rotatable bonds is 2. The summed E-state index contributed by atoms with van der Waals surface area (Å²) in [6.07, 6.45) is -4.46. The molecule has 0 bridgehead atoms. The van der Waals surface area contributed by atoms with Crippen molar-refractivity contribution in [3.05, 3.63) is 46.7 Å². The molecule has 2 aromatic carbocycles. The maximum absolute atomic E-state index is 13.9. The molecule has 0 heterocycles. The third-order valence-electron chi connectivity index (χ3n) is 2.62. The quantitative estimate of drug-likeness (QED) is 0.634. The molecule has 0 saturated heterocycles. The highest BCUT2D eigenvalue weighted by atomic mass is 35.5. The molecule has 0 aliphatic carbocycles. The molecule has 0 radical (unpaired) electrons. The van der Waals surface area contributed by atoms with E-state index < -0.39 is 23.3 Å². The Bertz CT molecular complexity index is 671. The van der Waals surface area contributed by atoms with E-state index in [1.165, 1.54) is 6.07 Å². The summed E-state index contributed by atoms with van der Waals surface area (Å²) < 4.78 is 56.3. The summed E-state index contributed by atoms with van der Waals surface area (Å²) in [4.78, 5) is 0. The van der Waals surface area contributed by atoms with Crippen LogP contribution in [0.1, 0.15) is 5.56 Å². The molecule has 2 aromatic rings. The van der Waals surface area contributed by atoms with E-state index in [4.69, 9.17) is 27.8 Å². The zero-order valence-corrected chi connectivity index (χ0v) is 11.1. The third kappa shape index (κ3) is 3.13. The van der Waals surface area contributed by atoms with Crippen LogP contribution in [0.25, 0.3) is 0 Å². The minimum atomic E-state index is -4.46. The molecule has 8 heteroatoms. The normalized spacial score (nSPS) is 11.5. The Labute approximate surface area is 122 Å². The molecule has 0 aliphatic rings. The molecule has 4 N–H and O–H groups in total. The Morgan fingerprint density at radius 2 is 1.57 bits per heavy atom. The first-order valence-electron chi connectivity index (χ1n) is 5.58. The lowest BCUT2D eigenvalue weighted by molar-refractivity contribution is -0.137. The second-order valence-corrected chi connectivity index (χ2v) is 4.51. The largest absolute Gasteiger partial charge is 0.452 e. The minimum absolute atomic E-state index is 0.0190. The number of halogens is 5. The number of benzene rings is 2. The standard InChI is InChI=1S/C13H9ClF4N2O/c14-10-8(19)5-9(20)12(11(10)15)21-7-3-1-6(2-4-7)13(16,17)18/h1-5H,19-20H2. The molecule has 0 aromatic heterocycles. The number of nitrogens with two attached hydrogens (primary N) is 2. The van der Waals surface area contributed by atoms with Gasteiger partial charge < -0.3 is 16.2 Å². The van der Waals surface area contributed by atoms with Crippen LogP contribution in [-0.4, -0.2) is 0 Å². The number of alkyl halides is 3. The van der Waals surface area contributed by atoms with Gasteiger partial charge in [-0.05, 0) is 30.3 Å². The summed E-state index contributed by atoms with van der Waals surface area (Å²) in [6, 6.07) is 4.91. The maximum Gasteiger partial charge on any atom is 0.416 e. The molecule has 0 amide bonds. The van der Waals surface area contributed by atoms with E-state index in [9.17, 15) is 17.6 Å². The lowest BCUT2D eigenvalue weighted by atomic mass is 10.2. The van der Waals surface area contributed by atoms with Gasteiger partial charge in [-0.3, -0.25) is 0 Å². The van der Waals surface area contributed by atoms with Crippen molar-refractivity contribution in [1.82, 2.24) is 0 Å². The number of ether oxygens (including phenoxy) is 1. The van der Waals surface area contributed by atoms with Crippen LogP contribution in [0.4, 0.5) is 28.9 Å². The van der Waals surface area contributed by atoms with E-state index in [1.54, 1.807) is 0 Å². The van der Waals surface area contributed by atoms with Gasteiger partial charge in [0, 0.05) is 0 Å². The van der Waals surface area contributed by atoms with Gasteiger partial charge in [0.05, 0.1) is 16.9 Å². The smallest absolute Gasteiger partial charge is 0.416 e. The highest BCUT2D eigenvalue weighted by Gasteiger charge is 2.30. The Morgan fingerprint density at radius 1 is 1.00 bits per heavy atom. The van der Waals surface area contributed by atoms with E-state index in [1.807, 2.05) is 0 Å². The summed E-state index contributed by atoms with van der Waals surface area (Å²) in [7, 11) is 0. The molecule has 0 aliphatic heterocycles. The van der Waals surface area contributed by atoms with Gasteiger partial charge in [-0.15, -0.1) is 0 Å². The minimum Gasteiger partial charge on any atom is -0.452 e. The van der Waals surface area contributed by atoms with Crippen LogP contribution < -0.4 is 16.2 Å². The summed E-state index contributed by atoms with van der Waals surface area (Å²) in [6.45, 7) is 0. The topological polar surface area (TPSA) is 61.3 Å². The molecule has 21 heavy (non-hydrogen) atoms. The van der Waals surface area contributed by atoms with E-state index >= 15 is 0 Å². The lowest BCUT2D eigenvalue weighted by Crippen LogP contribution is -2.04. The fourth-order valence-electron chi connectivity index (χ4n) is 1.58. The molecular weight excluding hydrogens is 312 g/mol. The average Bonchev–Trinajstić information content (AvgIpc) is 2.41. The van der Waals surface area contributed by atoms with Crippen LogP contribution in [0.2, 0.25) is 5.02 Å². The number of hydrogen-bond donors (Lipinski definition) is 2. The summed E-state index contributed by atoms with van der Waals surface area (Å²) in [5, 5.41) is -0.369. The van der Waals surface area contributed by atoms with Gasteiger partial charge in [-0.1, -0.05) is 11.6 Å². The van der Waals surface area contributed by atoms with Gasteiger partial charge in [0.2, 0.25) is 0 Å². The SMILES string of the molecule is Nc1cc(N)c(Oc2ccc(C(F)(F)F)cc2)c(F)c1Cl. The Morgan fingerprint density at radius 3 is 2.10 bits per heavy atom. The van der Waals surface area contributed by atoms with Crippen molar-refractivity contribution in [3.8, 4) is 11.5 Å². The van der Waals surface area contributed by atoms with E-state index in [-0.39, 0.29) is 22.1 Å². The first-order valence-corrected chi connectivity index (χ1v) is 5.96.